The lowest BCUT2D eigenvalue weighted by molar-refractivity contribution is -0.137. The lowest BCUT2D eigenvalue weighted by Crippen LogP contribution is -2.05. The van der Waals surface area contributed by atoms with Crippen LogP contribution in [0, 0.1) is 11.3 Å². The minimum absolute atomic E-state index is 0.120. The Kier molecular flexibility index (Phi) is 3.66. The average molecular weight is 277 g/mol. The summed E-state index contributed by atoms with van der Waals surface area (Å²) in [6.07, 6.45) is -4.42. The summed E-state index contributed by atoms with van der Waals surface area (Å²) in [6, 6.07) is 11.9. The van der Waals surface area contributed by atoms with Crippen molar-refractivity contribution < 1.29 is 17.9 Å². The molecule has 5 heteroatoms. The van der Waals surface area contributed by atoms with Gasteiger partial charge in [0.1, 0.15) is 5.75 Å². The molecule has 0 saturated carbocycles. The summed E-state index contributed by atoms with van der Waals surface area (Å²) < 4.78 is 43.0. The summed E-state index contributed by atoms with van der Waals surface area (Å²) in [6.45, 7) is 0. The van der Waals surface area contributed by atoms with Crippen molar-refractivity contribution >= 4 is 0 Å². The van der Waals surface area contributed by atoms with Crippen LogP contribution in [0.15, 0.2) is 42.5 Å². The van der Waals surface area contributed by atoms with Gasteiger partial charge in [-0.25, -0.2) is 0 Å². The van der Waals surface area contributed by atoms with Gasteiger partial charge in [-0.3, -0.25) is 0 Å². The molecule has 0 aliphatic rings. The van der Waals surface area contributed by atoms with E-state index in [1.165, 1.54) is 13.2 Å². The molecule has 0 aliphatic carbocycles. The molecule has 0 heterocycles. The molecule has 2 nitrogen and oxygen atoms in total. The van der Waals surface area contributed by atoms with Gasteiger partial charge in [0.05, 0.1) is 24.3 Å². The predicted octanol–water partition coefficient (Wildman–Crippen LogP) is 4.25. The van der Waals surface area contributed by atoms with Crippen molar-refractivity contribution in [2.75, 3.05) is 7.11 Å². The number of ether oxygens (including phenoxy) is 1. The van der Waals surface area contributed by atoms with Crippen molar-refractivity contribution in [3.8, 4) is 22.9 Å². The van der Waals surface area contributed by atoms with Crippen molar-refractivity contribution in [2.45, 2.75) is 6.18 Å². The summed E-state index contributed by atoms with van der Waals surface area (Å²) in [5.74, 6) is 0.120. The van der Waals surface area contributed by atoms with E-state index in [1.54, 1.807) is 24.3 Å². The first-order valence-electron chi connectivity index (χ1n) is 5.71. The second-order valence-electron chi connectivity index (χ2n) is 4.11. The zero-order chi connectivity index (χ0) is 14.8. The number of nitriles is 1. The fraction of sp³-hybridized carbons (Fsp3) is 0.133. The highest BCUT2D eigenvalue weighted by atomic mass is 19.4. The molecule has 0 saturated heterocycles. The van der Waals surface area contributed by atoms with Gasteiger partial charge in [0, 0.05) is 5.56 Å². The van der Waals surface area contributed by atoms with Gasteiger partial charge in [-0.15, -0.1) is 0 Å². The van der Waals surface area contributed by atoms with Gasteiger partial charge < -0.3 is 4.74 Å². The maximum absolute atomic E-state index is 12.7. The van der Waals surface area contributed by atoms with Gasteiger partial charge in [0.2, 0.25) is 0 Å². The van der Waals surface area contributed by atoms with Crippen LogP contribution in [0.25, 0.3) is 11.1 Å². The highest BCUT2D eigenvalue weighted by Crippen LogP contribution is 2.37. The van der Waals surface area contributed by atoms with Gasteiger partial charge in [-0.1, -0.05) is 18.2 Å². The molecule has 0 aromatic heterocycles. The maximum atomic E-state index is 12.7. The summed E-state index contributed by atoms with van der Waals surface area (Å²) >= 11 is 0. The molecule has 0 amide bonds. The second kappa shape index (κ2) is 5.25. The molecule has 0 fully saturated rings. The Morgan fingerprint density at radius 2 is 1.85 bits per heavy atom. The van der Waals surface area contributed by atoms with Crippen LogP contribution in [-0.2, 0) is 6.18 Å². The van der Waals surface area contributed by atoms with Gasteiger partial charge in [-0.2, -0.15) is 18.4 Å². The number of methoxy groups -OCH3 is 1. The Hall–Kier alpha value is -2.48. The van der Waals surface area contributed by atoms with Crippen LogP contribution in [-0.4, -0.2) is 7.11 Å². The molecular weight excluding hydrogens is 267 g/mol. The monoisotopic (exact) mass is 277 g/mol. The zero-order valence-corrected chi connectivity index (χ0v) is 10.5. The average Bonchev–Trinajstić information content (AvgIpc) is 2.45. The number of hydrogen-bond donors (Lipinski definition) is 0. The number of benzene rings is 2. The minimum Gasteiger partial charge on any atom is -0.496 e. The van der Waals surface area contributed by atoms with Gasteiger partial charge in [0.25, 0.3) is 0 Å². The van der Waals surface area contributed by atoms with Crippen LogP contribution in [0.3, 0.4) is 0 Å². The Labute approximate surface area is 114 Å². The van der Waals surface area contributed by atoms with E-state index >= 15 is 0 Å². The summed E-state index contributed by atoms with van der Waals surface area (Å²) in [5, 5.41) is 8.86. The van der Waals surface area contributed by atoms with E-state index in [9.17, 15) is 13.2 Å². The van der Waals surface area contributed by atoms with Crippen LogP contribution >= 0.6 is 0 Å². The lowest BCUT2D eigenvalue weighted by atomic mass is 10.0. The van der Waals surface area contributed by atoms with E-state index in [2.05, 4.69) is 0 Å². The molecule has 102 valence electrons. The van der Waals surface area contributed by atoms with Crippen LogP contribution < -0.4 is 4.74 Å². The van der Waals surface area contributed by atoms with Gasteiger partial charge >= 0.3 is 6.18 Å². The van der Waals surface area contributed by atoms with E-state index in [1.807, 2.05) is 6.07 Å². The third-order valence-corrected chi connectivity index (χ3v) is 2.83. The molecule has 0 aliphatic heterocycles. The second-order valence-corrected chi connectivity index (χ2v) is 4.11. The van der Waals surface area contributed by atoms with E-state index in [-0.39, 0.29) is 5.75 Å². The molecular formula is C15H10F3NO. The Morgan fingerprint density at radius 1 is 1.10 bits per heavy atom. The van der Waals surface area contributed by atoms with E-state index in [0.717, 1.165) is 12.1 Å². The van der Waals surface area contributed by atoms with E-state index < -0.39 is 11.7 Å². The first kappa shape index (κ1) is 13.9. The Morgan fingerprint density at radius 3 is 2.45 bits per heavy atom. The Bertz CT molecular complexity index is 672. The fourth-order valence-corrected chi connectivity index (χ4v) is 1.86. The summed E-state index contributed by atoms with van der Waals surface area (Å²) in [5.41, 5.74) is 0.811. The maximum Gasteiger partial charge on any atom is 0.416 e. The number of alkyl halides is 3. The summed E-state index contributed by atoms with van der Waals surface area (Å²) in [7, 11) is 1.31. The SMILES string of the molecule is COc1cc(C(F)(F)F)ccc1-c1cccc(C#N)c1. The van der Waals surface area contributed by atoms with Crippen molar-refractivity contribution in [3.05, 3.63) is 53.6 Å². The van der Waals surface area contributed by atoms with E-state index in [4.69, 9.17) is 10.00 Å². The fourth-order valence-electron chi connectivity index (χ4n) is 1.86. The Balaban J connectivity index is 2.55. The topological polar surface area (TPSA) is 33.0 Å². The van der Waals surface area contributed by atoms with Crippen LogP contribution in [0.2, 0.25) is 0 Å². The number of rotatable bonds is 2. The lowest BCUT2D eigenvalue weighted by Gasteiger charge is -2.13. The number of hydrogen-bond acceptors (Lipinski definition) is 2. The molecule has 0 unspecified atom stereocenters. The first-order valence-corrected chi connectivity index (χ1v) is 5.71. The highest BCUT2D eigenvalue weighted by molar-refractivity contribution is 5.72. The standard InChI is InChI=1S/C15H10F3NO/c1-20-14-8-12(15(16,17)18)5-6-13(14)11-4-2-3-10(7-11)9-19/h2-8H,1H3. The molecule has 0 radical (unpaired) electrons. The summed E-state index contributed by atoms with van der Waals surface area (Å²) in [4.78, 5) is 0. The normalized spacial score (nSPS) is 10.9. The van der Waals surface area contributed by atoms with Crippen molar-refractivity contribution in [3.63, 3.8) is 0 Å². The third-order valence-electron chi connectivity index (χ3n) is 2.83. The van der Waals surface area contributed by atoms with Crippen molar-refractivity contribution in [1.29, 1.82) is 5.26 Å². The smallest absolute Gasteiger partial charge is 0.416 e. The molecule has 0 N–H and O–H groups in total. The quantitative estimate of drug-likeness (QED) is 0.822. The highest BCUT2D eigenvalue weighted by Gasteiger charge is 2.31. The molecule has 0 bridgehead atoms. The molecule has 2 aromatic rings. The van der Waals surface area contributed by atoms with Crippen molar-refractivity contribution in [1.82, 2.24) is 0 Å². The molecule has 2 rings (SSSR count). The molecule has 2 aromatic carbocycles. The largest absolute Gasteiger partial charge is 0.496 e. The van der Waals surface area contributed by atoms with Crippen LogP contribution in [0.1, 0.15) is 11.1 Å². The van der Waals surface area contributed by atoms with Crippen LogP contribution in [0.4, 0.5) is 13.2 Å². The van der Waals surface area contributed by atoms with E-state index in [0.29, 0.717) is 16.7 Å². The zero-order valence-electron chi connectivity index (χ0n) is 10.5. The van der Waals surface area contributed by atoms with Crippen molar-refractivity contribution in [2.24, 2.45) is 0 Å². The number of nitrogens with zero attached hydrogens (tertiary/aromatic N) is 1. The van der Waals surface area contributed by atoms with Gasteiger partial charge in [-0.05, 0) is 29.8 Å². The predicted molar refractivity (Wildman–Crippen MR) is 68.1 cm³/mol. The van der Waals surface area contributed by atoms with Crippen LogP contribution in [0.5, 0.6) is 5.75 Å². The van der Waals surface area contributed by atoms with Gasteiger partial charge in [0.15, 0.2) is 0 Å². The number of halogens is 3. The molecule has 0 spiro atoms. The minimum atomic E-state index is -4.42. The third kappa shape index (κ3) is 2.75. The molecule has 0 atom stereocenters. The first-order chi connectivity index (χ1) is 9.45. The molecule has 20 heavy (non-hydrogen) atoms.